The number of rotatable bonds is 10. The highest BCUT2D eigenvalue weighted by Crippen LogP contribution is 2.69. The minimum absolute atomic E-state index is 0.0314. The fourth-order valence-electron chi connectivity index (χ4n) is 8.30. The summed E-state index contributed by atoms with van der Waals surface area (Å²) < 4.78 is 22.2. The maximum Gasteiger partial charge on any atom is 0.408 e. The Balaban J connectivity index is 1.18. The average Bonchev–Trinajstić information content (AvgIpc) is 3.23. The molecule has 0 saturated heterocycles. The number of ketones is 2. The van der Waals surface area contributed by atoms with Gasteiger partial charge in [0.2, 0.25) is 11.7 Å². The summed E-state index contributed by atoms with van der Waals surface area (Å²) in [6, 6.07) is 6.51. The van der Waals surface area contributed by atoms with E-state index in [1.807, 2.05) is 0 Å². The molecule has 0 radical (unpaired) electrons. The zero-order valence-corrected chi connectivity index (χ0v) is 25.9. The van der Waals surface area contributed by atoms with E-state index >= 15 is 4.39 Å². The summed E-state index contributed by atoms with van der Waals surface area (Å²) >= 11 is 0. The number of carbonyl (C=O) groups is 4. The topological polar surface area (TPSA) is 215 Å². The van der Waals surface area contributed by atoms with Crippen molar-refractivity contribution in [3.8, 4) is 0 Å². The van der Waals surface area contributed by atoms with Gasteiger partial charge in [0.1, 0.15) is 13.2 Å². The molecule has 0 bridgehead atoms. The number of hydrogen-bond acceptors (Lipinski definition) is 11. The van der Waals surface area contributed by atoms with E-state index in [4.69, 9.17) is 4.74 Å². The Labute approximate surface area is 269 Å². The van der Waals surface area contributed by atoms with Crippen LogP contribution in [0.5, 0.6) is 0 Å². The van der Waals surface area contributed by atoms with Gasteiger partial charge in [-0.05, 0) is 49.3 Å². The predicted octanol–water partition coefficient (Wildman–Crippen LogP) is 1.38. The van der Waals surface area contributed by atoms with Gasteiger partial charge in [0.05, 0.1) is 12.2 Å². The molecule has 5 N–H and O–H groups in total. The van der Waals surface area contributed by atoms with Crippen LogP contribution in [0.15, 0.2) is 48.1 Å². The number of Topliss-reactive ketones (excluding diaryl/α,β-unsaturated/α-hetero) is 1. The molecule has 0 aliphatic heterocycles. The number of carbonyl (C=O) groups excluding carboxylic acids is 4. The summed E-state index contributed by atoms with van der Waals surface area (Å²) in [5.74, 6) is -3.44. The number of alkyl carbamates (subject to hydrolysis) is 1. The number of amides is 2. The van der Waals surface area contributed by atoms with E-state index in [1.165, 1.54) is 19.1 Å². The number of nitrogens with zero attached hydrogens (tertiary/aromatic N) is 1. The standard InChI is InChI=1S/C32H38FN3O11/c1-29-9-8-21(37)11-20(29)6-7-22-23-12-24(38)32(43,30(23,2)13-25(39)31(22,29)33)26(40)17-46-28(42)35-15-27(41)34-14-18-4-3-5-19(10-18)16-47-36(44)45/h3-6,8-10,22-25,38-39,43H,7,11-17H2,1-2H3,(H,34,41)(H,35,42)/t22-,23-,24+,25-,29-,30-,31-,32-/m0/s1. The van der Waals surface area contributed by atoms with E-state index in [2.05, 4.69) is 15.5 Å². The van der Waals surface area contributed by atoms with E-state index in [9.17, 15) is 44.6 Å². The number of aliphatic hydroxyl groups is 3. The van der Waals surface area contributed by atoms with Crippen molar-refractivity contribution in [2.24, 2.45) is 22.7 Å². The minimum atomic E-state index is -2.47. The molecule has 1 aromatic rings. The van der Waals surface area contributed by atoms with Gasteiger partial charge < -0.3 is 35.5 Å². The largest absolute Gasteiger partial charge is 0.441 e. The van der Waals surface area contributed by atoms with Gasteiger partial charge >= 0.3 is 6.09 Å². The molecule has 0 spiro atoms. The number of halogens is 1. The number of aliphatic hydroxyl groups excluding tert-OH is 2. The van der Waals surface area contributed by atoms with Gasteiger partial charge in [0.25, 0.3) is 5.09 Å². The van der Waals surface area contributed by atoms with Gasteiger partial charge in [-0.3, -0.25) is 14.4 Å². The molecule has 14 nitrogen and oxygen atoms in total. The molecule has 2 fully saturated rings. The Morgan fingerprint density at radius 1 is 1.13 bits per heavy atom. The SMILES string of the molecule is C[C@]12C=CC(=O)CC1=CC[C@H]1[C@@H]3C[C@@H](O)[C@](O)(C(=O)COC(=O)NCC(=O)NCc4cccc(CO[N+](=O)[O-])c4)[C@@]3(C)C[C@H](O)[C@@]12F. The lowest BCUT2D eigenvalue weighted by Crippen LogP contribution is -2.69. The summed E-state index contributed by atoms with van der Waals surface area (Å²) in [6.07, 6.45) is -0.190. The smallest absolute Gasteiger partial charge is 0.408 e. The molecule has 1 aromatic carbocycles. The number of fused-ring (bicyclic) bond motifs is 5. The van der Waals surface area contributed by atoms with E-state index in [1.54, 1.807) is 37.3 Å². The molecule has 8 atom stereocenters. The Bertz CT molecular complexity index is 1550. The first-order valence-electron chi connectivity index (χ1n) is 15.3. The fourth-order valence-corrected chi connectivity index (χ4v) is 8.30. The van der Waals surface area contributed by atoms with Crippen LogP contribution in [0.1, 0.15) is 50.7 Å². The summed E-state index contributed by atoms with van der Waals surface area (Å²) in [7, 11) is 0. The predicted molar refractivity (Wildman–Crippen MR) is 159 cm³/mol. The van der Waals surface area contributed by atoms with Gasteiger partial charge in [0.15, 0.2) is 23.7 Å². The van der Waals surface area contributed by atoms with Crippen LogP contribution in [0.4, 0.5) is 9.18 Å². The molecule has 0 heterocycles. The second-order valence-corrected chi connectivity index (χ2v) is 13.2. The molecule has 15 heteroatoms. The van der Waals surface area contributed by atoms with Crippen LogP contribution in [0, 0.1) is 32.8 Å². The molecule has 0 aromatic heterocycles. The van der Waals surface area contributed by atoms with Crippen molar-refractivity contribution in [1.82, 2.24) is 10.6 Å². The zero-order chi connectivity index (χ0) is 34.4. The molecule has 2 amide bonds. The highest BCUT2D eigenvalue weighted by atomic mass is 19.1. The van der Waals surface area contributed by atoms with Crippen molar-refractivity contribution in [1.29, 1.82) is 0 Å². The van der Waals surface area contributed by atoms with Crippen LogP contribution in [-0.4, -0.2) is 80.6 Å². The highest BCUT2D eigenvalue weighted by molar-refractivity contribution is 5.94. The first kappa shape index (κ1) is 34.1. The number of hydrogen-bond donors (Lipinski definition) is 5. The maximum atomic E-state index is 17.2. The van der Waals surface area contributed by atoms with E-state index in [0.717, 1.165) is 0 Å². The van der Waals surface area contributed by atoms with Gasteiger partial charge in [-0.1, -0.05) is 48.9 Å². The summed E-state index contributed by atoms with van der Waals surface area (Å²) in [5.41, 5.74) is -5.76. The Hall–Kier alpha value is -4.21. The van der Waals surface area contributed by atoms with Gasteiger partial charge in [0, 0.05) is 29.7 Å². The minimum Gasteiger partial charge on any atom is -0.441 e. The second kappa shape index (κ2) is 12.4. The molecular formula is C32H38FN3O11. The zero-order valence-electron chi connectivity index (χ0n) is 25.9. The molecule has 5 rings (SSSR count). The Morgan fingerprint density at radius 3 is 2.57 bits per heavy atom. The molecule has 2 saturated carbocycles. The number of ether oxygens (including phenoxy) is 1. The van der Waals surface area contributed by atoms with Crippen LogP contribution >= 0.6 is 0 Å². The average molecular weight is 660 g/mol. The van der Waals surface area contributed by atoms with Gasteiger partial charge in [-0.2, -0.15) is 0 Å². The first-order chi connectivity index (χ1) is 22.1. The molecular weight excluding hydrogens is 621 g/mol. The number of allylic oxidation sites excluding steroid dienone is 4. The fraction of sp³-hybridized carbons (Fsp3) is 0.562. The molecule has 4 aliphatic rings. The van der Waals surface area contributed by atoms with Crippen LogP contribution in [0.2, 0.25) is 0 Å². The van der Waals surface area contributed by atoms with Crippen molar-refractivity contribution < 1.29 is 53.5 Å². The molecule has 4 aliphatic carbocycles. The van der Waals surface area contributed by atoms with Gasteiger partial charge in [-0.15, -0.1) is 10.1 Å². The summed E-state index contributed by atoms with van der Waals surface area (Å²) in [4.78, 5) is 64.8. The normalized spacial score (nSPS) is 35.4. The van der Waals surface area contributed by atoms with E-state index in [0.29, 0.717) is 16.7 Å². The monoisotopic (exact) mass is 659 g/mol. The highest BCUT2D eigenvalue weighted by Gasteiger charge is 2.76. The van der Waals surface area contributed by atoms with Crippen molar-refractivity contribution in [2.75, 3.05) is 13.2 Å². The van der Waals surface area contributed by atoms with Crippen molar-refractivity contribution in [3.63, 3.8) is 0 Å². The Morgan fingerprint density at radius 2 is 1.85 bits per heavy atom. The summed E-state index contributed by atoms with van der Waals surface area (Å²) in [5, 5.41) is 48.4. The van der Waals surface area contributed by atoms with E-state index < -0.39 is 82.2 Å². The maximum absolute atomic E-state index is 17.2. The third-order valence-electron chi connectivity index (χ3n) is 10.8. The van der Waals surface area contributed by atoms with Crippen LogP contribution < -0.4 is 10.6 Å². The molecule has 0 unspecified atom stereocenters. The lowest BCUT2D eigenvalue weighted by molar-refractivity contribution is -0.763. The van der Waals surface area contributed by atoms with Crippen LogP contribution in [-0.2, 0) is 37.1 Å². The number of benzene rings is 1. The van der Waals surface area contributed by atoms with Crippen LogP contribution in [0.3, 0.4) is 0 Å². The quantitative estimate of drug-likeness (QED) is 0.137. The Kier molecular flexibility index (Phi) is 9.03. The molecule has 254 valence electrons. The third kappa shape index (κ3) is 5.69. The second-order valence-electron chi connectivity index (χ2n) is 13.2. The number of nitrogens with one attached hydrogen (secondary N) is 2. The van der Waals surface area contributed by atoms with Crippen molar-refractivity contribution in [3.05, 3.63) is 69.3 Å². The first-order valence-corrected chi connectivity index (χ1v) is 15.3. The molecule has 47 heavy (non-hydrogen) atoms. The lowest BCUT2D eigenvalue weighted by Gasteiger charge is -2.61. The van der Waals surface area contributed by atoms with Crippen molar-refractivity contribution >= 4 is 23.6 Å². The van der Waals surface area contributed by atoms with Gasteiger partial charge in [-0.25, -0.2) is 9.18 Å². The summed E-state index contributed by atoms with van der Waals surface area (Å²) in [6.45, 7) is 1.45. The lowest BCUT2D eigenvalue weighted by atomic mass is 9.45. The van der Waals surface area contributed by atoms with E-state index in [-0.39, 0.29) is 44.6 Å². The van der Waals surface area contributed by atoms with Crippen LogP contribution in [0.25, 0.3) is 0 Å². The number of alkyl halides is 1. The van der Waals surface area contributed by atoms with Crippen molar-refractivity contribution in [2.45, 2.75) is 76.2 Å². The third-order valence-corrected chi connectivity index (χ3v) is 10.8.